The van der Waals surface area contributed by atoms with E-state index in [-0.39, 0.29) is 6.42 Å². The van der Waals surface area contributed by atoms with E-state index in [1.165, 1.54) is 0 Å². The van der Waals surface area contributed by atoms with Crippen molar-refractivity contribution in [3.8, 4) is 0 Å². The van der Waals surface area contributed by atoms with Gasteiger partial charge in [0.25, 0.3) is 0 Å². The first kappa shape index (κ1) is 16.9. The van der Waals surface area contributed by atoms with Gasteiger partial charge >= 0.3 is 14.7 Å². The van der Waals surface area contributed by atoms with Crippen LogP contribution in [0.1, 0.15) is 40.5 Å². The van der Waals surface area contributed by atoms with Crippen LogP contribution in [0.5, 0.6) is 0 Å². The molecule has 0 rings (SSSR count). The molecule has 0 aromatic heterocycles. The van der Waals surface area contributed by atoms with E-state index >= 15 is 0 Å². The summed E-state index contributed by atoms with van der Waals surface area (Å²) in [5.41, 5.74) is 0. The fourth-order valence-electron chi connectivity index (χ4n) is 1.71. The first-order valence-corrected chi connectivity index (χ1v) is 8.40. The van der Waals surface area contributed by atoms with Gasteiger partial charge in [-0.15, -0.1) is 0 Å². The maximum absolute atomic E-state index is 12.1. The molecule has 0 radical (unpaired) electrons. The van der Waals surface area contributed by atoms with Gasteiger partial charge in [-0.3, -0.25) is 0 Å². The number of hydrogen-bond acceptors (Lipinski definition) is 2. The maximum atomic E-state index is 12.1. The topological polar surface area (TPSA) is 18.5 Å². The number of alkyl halides is 3. The molecule has 0 saturated carbocycles. The molecule has 0 aliphatic heterocycles. The standard InChI is InChI=1S/C11H23F3O2Si/c1-5-15-17(6-2,7-3)16-10(4)8-9-11(12,13)14/h10H,5-9H2,1-4H3. The minimum Gasteiger partial charge on any atom is -0.394 e. The van der Waals surface area contributed by atoms with Gasteiger partial charge < -0.3 is 8.85 Å². The highest BCUT2D eigenvalue weighted by atomic mass is 28.4. The van der Waals surface area contributed by atoms with Crippen LogP contribution in [-0.2, 0) is 8.85 Å². The molecule has 2 nitrogen and oxygen atoms in total. The fourth-order valence-corrected chi connectivity index (χ4v) is 4.40. The SMILES string of the molecule is CCO[Si](CC)(CC)OC(C)CCC(F)(F)F. The third-order valence-electron chi connectivity index (χ3n) is 2.74. The van der Waals surface area contributed by atoms with Crippen molar-refractivity contribution in [3.63, 3.8) is 0 Å². The summed E-state index contributed by atoms with van der Waals surface area (Å²) in [7, 11) is -2.27. The van der Waals surface area contributed by atoms with Gasteiger partial charge in [-0.05, 0) is 32.4 Å². The third-order valence-corrected chi connectivity index (χ3v) is 6.54. The van der Waals surface area contributed by atoms with Gasteiger partial charge in [-0.25, -0.2) is 0 Å². The van der Waals surface area contributed by atoms with Gasteiger partial charge in [0, 0.05) is 19.1 Å². The highest BCUT2D eigenvalue weighted by Gasteiger charge is 2.36. The van der Waals surface area contributed by atoms with Crippen LogP contribution < -0.4 is 0 Å². The van der Waals surface area contributed by atoms with E-state index < -0.39 is 27.3 Å². The molecule has 0 aromatic carbocycles. The van der Waals surface area contributed by atoms with E-state index in [0.29, 0.717) is 6.61 Å². The summed E-state index contributed by atoms with van der Waals surface area (Å²) in [6, 6.07) is 1.54. The zero-order chi connectivity index (χ0) is 13.5. The second-order valence-electron chi connectivity index (χ2n) is 4.13. The fraction of sp³-hybridized carbons (Fsp3) is 1.00. The lowest BCUT2D eigenvalue weighted by atomic mass is 10.2. The van der Waals surface area contributed by atoms with Gasteiger partial charge in [0.2, 0.25) is 0 Å². The summed E-state index contributed by atoms with van der Waals surface area (Å²) >= 11 is 0. The second kappa shape index (κ2) is 7.38. The Kier molecular flexibility index (Phi) is 7.35. The molecule has 0 aliphatic rings. The molecule has 1 unspecified atom stereocenters. The molecule has 0 heterocycles. The van der Waals surface area contributed by atoms with Crippen molar-refractivity contribution in [1.82, 2.24) is 0 Å². The van der Waals surface area contributed by atoms with E-state index in [1.807, 2.05) is 20.8 Å². The second-order valence-corrected chi connectivity index (χ2v) is 7.89. The van der Waals surface area contributed by atoms with E-state index in [9.17, 15) is 13.2 Å². The van der Waals surface area contributed by atoms with Gasteiger partial charge in [-0.2, -0.15) is 13.2 Å². The summed E-state index contributed by atoms with van der Waals surface area (Å²) in [6.45, 7) is 8.08. The Balaban J connectivity index is 4.25. The molecule has 0 N–H and O–H groups in total. The zero-order valence-electron chi connectivity index (χ0n) is 11.1. The minimum absolute atomic E-state index is 0.00528. The van der Waals surface area contributed by atoms with Crippen molar-refractivity contribution in [2.24, 2.45) is 0 Å². The average Bonchev–Trinajstić information content (AvgIpc) is 2.25. The molecule has 0 fully saturated rings. The van der Waals surface area contributed by atoms with Gasteiger partial charge in [-0.1, -0.05) is 13.8 Å². The van der Waals surface area contributed by atoms with Gasteiger partial charge in [0.1, 0.15) is 0 Å². The Morgan fingerprint density at radius 2 is 1.65 bits per heavy atom. The zero-order valence-corrected chi connectivity index (χ0v) is 12.1. The molecule has 0 amide bonds. The molecule has 17 heavy (non-hydrogen) atoms. The quantitative estimate of drug-likeness (QED) is 0.615. The molecule has 0 bridgehead atoms. The van der Waals surface area contributed by atoms with E-state index in [1.54, 1.807) is 6.92 Å². The average molecular weight is 272 g/mol. The van der Waals surface area contributed by atoms with Gasteiger partial charge in [0.05, 0.1) is 0 Å². The number of rotatable bonds is 8. The predicted octanol–water partition coefficient (Wildman–Crippen LogP) is 4.25. The smallest absolute Gasteiger partial charge is 0.389 e. The highest BCUT2D eigenvalue weighted by molar-refractivity contribution is 6.67. The van der Waals surface area contributed by atoms with Crippen molar-refractivity contribution in [1.29, 1.82) is 0 Å². The Morgan fingerprint density at radius 3 is 2.00 bits per heavy atom. The Labute approximate surface area is 103 Å². The molecule has 6 heteroatoms. The predicted molar refractivity (Wildman–Crippen MR) is 64.2 cm³/mol. The summed E-state index contributed by atoms with van der Waals surface area (Å²) in [6.07, 6.45) is -5.29. The Bertz CT molecular complexity index is 205. The molecule has 0 saturated heterocycles. The lowest BCUT2D eigenvalue weighted by Gasteiger charge is -2.31. The van der Waals surface area contributed by atoms with Crippen molar-refractivity contribution in [2.75, 3.05) is 6.61 Å². The van der Waals surface area contributed by atoms with Crippen LogP contribution in [0.25, 0.3) is 0 Å². The van der Waals surface area contributed by atoms with Crippen LogP contribution in [0.4, 0.5) is 13.2 Å². The summed E-state index contributed by atoms with van der Waals surface area (Å²) < 4.78 is 47.7. The third kappa shape index (κ3) is 7.05. The van der Waals surface area contributed by atoms with E-state index in [0.717, 1.165) is 12.1 Å². The van der Waals surface area contributed by atoms with Crippen molar-refractivity contribution in [3.05, 3.63) is 0 Å². The molecule has 104 valence electrons. The van der Waals surface area contributed by atoms with E-state index in [2.05, 4.69) is 0 Å². The molecule has 0 aromatic rings. The maximum Gasteiger partial charge on any atom is 0.389 e. The summed E-state index contributed by atoms with van der Waals surface area (Å²) in [5, 5.41) is 0. The molecule has 1 atom stereocenters. The lowest BCUT2D eigenvalue weighted by Crippen LogP contribution is -2.43. The number of hydrogen-bond donors (Lipinski definition) is 0. The van der Waals surface area contributed by atoms with Crippen LogP contribution in [-0.4, -0.2) is 27.4 Å². The first-order chi connectivity index (χ1) is 7.78. The van der Waals surface area contributed by atoms with Crippen LogP contribution in [0.15, 0.2) is 0 Å². The summed E-state index contributed by atoms with van der Waals surface area (Å²) in [4.78, 5) is 0. The van der Waals surface area contributed by atoms with Crippen LogP contribution >= 0.6 is 0 Å². The normalized spacial score (nSPS) is 15.0. The summed E-state index contributed by atoms with van der Waals surface area (Å²) in [5.74, 6) is 0. The Hall–Kier alpha value is -0.0731. The lowest BCUT2D eigenvalue weighted by molar-refractivity contribution is -0.139. The van der Waals surface area contributed by atoms with Crippen LogP contribution in [0, 0.1) is 0 Å². The minimum atomic E-state index is -4.11. The van der Waals surface area contributed by atoms with Crippen molar-refractivity contribution in [2.45, 2.75) is 64.9 Å². The van der Waals surface area contributed by atoms with Crippen molar-refractivity contribution < 1.29 is 22.0 Å². The largest absolute Gasteiger partial charge is 0.394 e. The Morgan fingerprint density at radius 1 is 1.12 bits per heavy atom. The molecule has 0 spiro atoms. The van der Waals surface area contributed by atoms with Crippen LogP contribution in [0.2, 0.25) is 12.1 Å². The molecular weight excluding hydrogens is 249 g/mol. The highest BCUT2D eigenvalue weighted by Crippen LogP contribution is 2.26. The molecular formula is C11H23F3O2Si. The number of halogens is 3. The van der Waals surface area contributed by atoms with E-state index in [4.69, 9.17) is 8.85 Å². The molecule has 0 aliphatic carbocycles. The van der Waals surface area contributed by atoms with Gasteiger partial charge in [0.15, 0.2) is 0 Å². The monoisotopic (exact) mass is 272 g/mol. The van der Waals surface area contributed by atoms with Crippen LogP contribution in [0.3, 0.4) is 0 Å². The first-order valence-electron chi connectivity index (χ1n) is 6.17. The van der Waals surface area contributed by atoms with Crippen molar-refractivity contribution >= 4 is 8.56 Å².